The van der Waals surface area contributed by atoms with E-state index >= 15 is 0 Å². The molecule has 1 aliphatic rings. The van der Waals surface area contributed by atoms with Gasteiger partial charge >= 0.3 is 0 Å². The lowest BCUT2D eigenvalue weighted by Gasteiger charge is -2.39. The molecule has 2 rings (SSSR count). The molecule has 1 aromatic heterocycles. The van der Waals surface area contributed by atoms with Gasteiger partial charge in [-0.25, -0.2) is 0 Å². The van der Waals surface area contributed by atoms with Crippen LogP contribution in [0.25, 0.3) is 0 Å². The molecule has 2 nitrogen and oxygen atoms in total. The summed E-state index contributed by atoms with van der Waals surface area (Å²) in [6, 6.07) is 2.80. The molecule has 3 heteroatoms. The fourth-order valence-electron chi connectivity index (χ4n) is 2.53. The third kappa shape index (κ3) is 2.01. The molecule has 0 aromatic carbocycles. The van der Waals surface area contributed by atoms with E-state index in [0.29, 0.717) is 12.1 Å². The lowest BCUT2D eigenvalue weighted by Crippen LogP contribution is -2.47. The Morgan fingerprint density at radius 1 is 1.38 bits per heavy atom. The first-order valence-electron chi connectivity index (χ1n) is 5.98. The number of rotatable bonds is 1. The maximum absolute atomic E-state index is 12.4. The zero-order valence-electron chi connectivity index (χ0n) is 10.2. The summed E-state index contributed by atoms with van der Waals surface area (Å²) in [7, 11) is 0. The third-order valence-corrected chi connectivity index (χ3v) is 4.49. The quantitative estimate of drug-likeness (QED) is 0.732. The molecule has 0 N–H and O–H groups in total. The fraction of sp³-hybridized carbons (Fsp3) is 0.615. The number of piperidine rings is 1. The van der Waals surface area contributed by atoms with Gasteiger partial charge in [0.05, 0.1) is 4.88 Å². The second-order valence-electron chi connectivity index (χ2n) is 4.77. The summed E-state index contributed by atoms with van der Waals surface area (Å²) in [6.07, 6.45) is 3.52. The normalized spacial score (nSPS) is 25.8. The van der Waals surface area contributed by atoms with Crippen LogP contribution in [0.1, 0.15) is 48.3 Å². The number of aryl methyl sites for hydroxylation is 1. The smallest absolute Gasteiger partial charge is 0.264 e. The second kappa shape index (κ2) is 4.58. The van der Waals surface area contributed by atoms with Gasteiger partial charge in [0, 0.05) is 12.1 Å². The van der Waals surface area contributed by atoms with E-state index in [0.717, 1.165) is 23.3 Å². The van der Waals surface area contributed by atoms with Crippen molar-refractivity contribution in [1.82, 2.24) is 4.90 Å². The lowest BCUT2D eigenvalue weighted by atomic mass is 9.97. The topological polar surface area (TPSA) is 20.3 Å². The molecule has 88 valence electrons. The van der Waals surface area contributed by atoms with Crippen molar-refractivity contribution in [3.63, 3.8) is 0 Å². The molecule has 0 spiro atoms. The molecule has 1 fully saturated rings. The van der Waals surface area contributed by atoms with E-state index in [1.54, 1.807) is 11.3 Å². The summed E-state index contributed by atoms with van der Waals surface area (Å²) < 4.78 is 0. The molecule has 0 bridgehead atoms. The first kappa shape index (κ1) is 11.6. The molecule has 1 aliphatic heterocycles. The summed E-state index contributed by atoms with van der Waals surface area (Å²) in [6.45, 7) is 6.34. The highest BCUT2D eigenvalue weighted by atomic mass is 32.1. The van der Waals surface area contributed by atoms with Gasteiger partial charge in [-0.3, -0.25) is 4.79 Å². The van der Waals surface area contributed by atoms with Crippen LogP contribution in [0, 0.1) is 6.92 Å². The Balaban J connectivity index is 2.23. The first-order valence-corrected chi connectivity index (χ1v) is 6.86. The number of carbonyl (C=O) groups excluding carboxylic acids is 1. The second-order valence-corrected chi connectivity index (χ2v) is 5.69. The Hall–Kier alpha value is -0.830. The van der Waals surface area contributed by atoms with Crippen LogP contribution in [-0.4, -0.2) is 22.9 Å². The van der Waals surface area contributed by atoms with Gasteiger partial charge in [0.2, 0.25) is 0 Å². The number of amides is 1. The fourth-order valence-corrected chi connectivity index (χ4v) is 3.40. The average molecular weight is 237 g/mol. The number of thiophene rings is 1. The molecule has 16 heavy (non-hydrogen) atoms. The van der Waals surface area contributed by atoms with Gasteiger partial charge in [-0.2, -0.15) is 0 Å². The largest absolute Gasteiger partial charge is 0.333 e. The van der Waals surface area contributed by atoms with Crippen LogP contribution < -0.4 is 0 Å². The molecule has 0 saturated carbocycles. The minimum Gasteiger partial charge on any atom is -0.333 e. The maximum Gasteiger partial charge on any atom is 0.264 e. The Kier molecular flexibility index (Phi) is 3.33. The lowest BCUT2D eigenvalue weighted by molar-refractivity contribution is 0.0515. The number of hydrogen-bond acceptors (Lipinski definition) is 2. The minimum atomic E-state index is 0.229. The van der Waals surface area contributed by atoms with Crippen molar-refractivity contribution in [2.75, 3.05) is 0 Å². The molecule has 2 heterocycles. The van der Waals surface area contributed by atoms with Crippen LogP contribution in [0.3, 0.4) is 0 Å². The molecular weight excluding hydrogens is 218 g/mol. The zero-order chi connectivity index (χ0) is 11.7. The van der Waals surface area contributed by atoms with Gasteiger partial charge in [0.1, 0.15) is 0 Å². The summed E-state index contributed by atoms with van der Waals surface area (Å²) in [5, 5.41) is 2.00. The summed E-state index contributed by atoms with van der Waals surface area (Å²) in [4.78, 5) is 15.4. The monoisotopic (exact) mass is 237 g/mol. The highest BCUT2D eigenvalue weighted by molar-refractivity contribution is 7.12. The van der Waals surface area contributed by atoms with Gasteiger partial charge in [0.15, 0.2) is 0 Å². The molecule has 1 aromatic rings. The Morgan fingerprint density at radius 3 is 2.50 bits per heavy atom. The maximum atomic E-state index is 12.4. The van der Waals surface area contributed by atoms with Crippen molar-refractivity contribution in [3.8, 4) is 0 Å². The highest BCUT2D eigenvalue weighted by Gasteiger charge is 2.30. The summed E-state index contributed by atoms with van der Waals surface area (Å²) in [5.41, 5.74) is 1.11. The SMILES string of the molecule is Cc1ccsc1C(=O)N1C(C)CCCC1C. The predicted octanol–water partition coefficient (Wildman–Crippen LogP) is 3.46. The van der Waals surface area contributed by atoms with Gasteiger partial charge in [0.25, 0.3) is 5.91 Å². The highest BCUT2D eigenvalue weighted by Crippen LogP contribution is 2.27. The predicted molar refractivity (Wildman–Crippen MR) is 68.0 cm³/mol. The van der Waals surface area contributed by atoms with E-state index in [2.05, 4.69) is 18.7 Å². The summed E-state index contributed by atoms with van der Waals surface area (Å²) in [5.74, 6) is 0.229. The van der Waals surface area contributed by atoms with Crippen LogP contribution in [-0.2, 0) is 0 Å². The van der Waals surface area contributed by atoms with Crippen LogP contribution in [0.5, 0.6) is 0 Å². The Bertz CT molecular complexity index is 375. The van der Waals surface area contributed by atoms with Gasteiger partial charge < -0.3 is 4.90 Å². The number of nitrogens with zero attached hydrogens (tertiary/aromatic N) is 1. The summed E-state index contributed by atoms with van der Waals surface area (Å²) >= 11 is 1.56. The average Bonchev–Trinajstić information content (AvgIpc) is 2.64. The molecule has 1 saturated heterocycles. The van der Waals surface area contributed by atoms with Crippen molar-refractivity contribution in [1.29, 1.82) is 0 Å². The molecule has 2 atom stereocenters. The van der Waals surface area contributed by atoms with E-state index in [-0.39, 0.29) is 5.91 Å². The van der Waals surface area contributed by atoms with Crippen molar-refractivity contribution in [3.05, 3.63) is 21.9 Å². The molecule has 0 aliphatic carbocycles. The van der Waals surface area contributed by atoms with Crippen molar-refractivity contribution < 1.29 is 4.79 Å². The van der Waals surface area contributed by atoms with Crippen molar-refractivity contribution >= 4 is 17.2 Å². The first-order chi connectivity index (χ1) is 7.61. The third-order valence-electron chi connectivity index (χ3n) is 3.48. The molecule has 1 amide bonds. The number of likely N-dealkylation sites (tertiary alicyclic amines) is 1. The van der Waals surface area contributed by atoms with Crippen molar-refractivity contribution in [2.45, 2.75) is 52.1 Å². The number of carbonyl (C=O) groups is 1. The zero-order valence-corrected chi connectivity index (χ0v) is 11.0. The molecular formula is C13H19NOS. The van der Waals surface area contributed by atoms with Gasteiger partial charge in [-0.15, -0.1) is 11.3 Å². The van der Waals surface area contributed by atoms with E-state index < -0.39 is 0 Å². The van der Waals surface area contributed by atoms with Crippen LogP contribution in [0.4, 0.5) is 0 Å². The van der Waals surface area contributed by atoms with Crippen LogP contribution in [0.2, 0.25) is 0 Å². The number of hydrogen-bond donors (Lipinski definition) is 0. The molecule has 2 unspecified atom stereocenters. The minimum absolute atomic E-state index is 0.229. The Morgan fingerprint density at radius 2 is 2.00 bits per heavy atom. The van der Waals surface area contributed by atoms with E-state index in [4.69, 9.17) is 0 Å². The van der Waals surface area contributed by atoms with Gasteiger partial charge in [-0.05, 0) is 57.0 Å². The van der Waals surface area contributed by atoms with Crippen LogP contribution in [0.15, 0.2) is 11.4 Å². The van der Waals surface area contributed by atoms with Crippen molar-refractivity contribution in [2.24, 2.45) is 0 Å². The van der Waals surface area contributed by atoms with E-state index in [1.807, 2.05) is 18.4 Å². The van der Waals surface area contributed by atoms with Crippen LogP contribution >= 0.6 is 11.3 Å². The van der Waals surface area contributed by atoms with E-state index in [9.17, 15) is 4.79 Å². The van der Waals surface area contributed by atoms with E-state index in [1.165, 1.54) is 6.42 Å². The van der Waals surface area contributed by atoms with Gasteiger partial charge in [-0.1, -0.05) is 0 Å². The standard InChI is InChI=1S/C13H19NOS/c1-9-7-8-16-12(9)13(15)14-10(2)5-4-6-11(14)3/h7-8,10-11H,4-6H2,1-3H3. The molecule has 0 radical (unpaired) electrons. The Labute approximate surface area is 101 Å².